The molecular weight excluding hydrogens is 304 g/mol. The highest BCUT2D eigenvalue weighted by atomic mass is 79.9. The zero-order valence-electron chi connectivity index (χ0n) is 5.93. The molecule has 0 aliphatic rings. The molecule has 0 bridgehead atoms. The number of halogens is 2. The van der Waals surface area contributed by atoms with Crippen molar-refractivity contribution in [1.82, 2.24) is 0 Å². The first-order chi connectivity index (χ1) is 5.65. The molecule has 4 heteroatoms. The Balaban J connectivity index is 2.96. The van der Waals surface area contributed by atoms with E-state index in [4.69, 9.17) is 6.42 Å². The van der Waals surface area contributed by atoms with Crippen molar-refractivity contribution >= 4 is 49.0 Å². The summed E-state index contributed by atoms with van der Waals surface area (Å²) in [5, 5.41) is 0. The lowest BCUT2D eigenvalue weighted by Gasteiger charge is -1.90. The predicted molar refractivity (Wildman–Crippen MR) is 57.5 cm³/mol. The van der Waals surface area contributed by atoms with E-state index in [9.17, 15) is 4.79 Å². The van der Waals surface area contributed by atoms with Crippen molar-refractivity contribution in [2.45, 2.75) is 6.42 Å². The molecule has 0 aliphatic carbocycles. The van der Waals surface area contributed by atoms with Crippen LogP contribution in [0.1, 0.15) is 16.8 Å². The van der Waals surface area contributed by atoms with Gasteiger partial charge >= 0.3 is 0 Å². The molecule has 12 heavy (non-hydrogen) atoms. The average molecular weight is 308 g/mol. The lowest BCUT2D eigenvalue weighted by molar-refractivity contribution is 0.0998. The van der Waals surface area contributed by atoms with Crippen molar-refractivity contribution < 1.29 is 4.79 Å². The minimum Gasteiger partial charge on any atom is -0.293 e. The minimum absolute atomic E-state index is 0.0219. The number of carbonyl (C=O) groups excluding carboxylic acids is 1. The van der Waals surface area contributed by atoms with Crippen molar-refractivity contribution in [3.63, 3.8) is 0 Å². The lowest BCUT2D eigenvalue weighted by atomic mass is 10.2. The first kappa shape index (κ1) is 9.97. The van der Waals surface area contributed by atoms with Gasteiger partial charge in [0.05, 0.1) is 14.0 Å². The van der Waals surface area contributed by atoms with Gasteiger partial charge in [0.15, 0.2) is 5.78 Å². The summed E-state index contributed by atoms with van der Waals surface area (Å²) < 4.78 is 1.75. The molecular formula is C8H4Br2OS. The molecule has 0 saturated heterocycles. The normalized spacial score (nSPS) is 9.42. The van der Waals surface area contributed by atoms with Crippen molar-refractivity contribution in [2.75, 3.05) is 0 Å². The Morgan fingerprint density at radius 2 is 2.33 bits per heavy atom. The summed E-state index contributed by atoms with van der Waals surface area (Å²) in [7, 11) is 0. The van der Waals surface area contributed by atoms with E-state index in [2.05, 4.69) is 37.8 Å². The Bertz CT molecular complexity index is 348. The summed E-state index contributed by atoms with van der Waals surface area (Å²) in [6.45, 7) is 0. The van der Waals surface area contributed by atoms with Crippen molar-refractivity contribution in [2.24, 2.45) is 0 Å². The maximum Gasteiger partial charge on any atom is 0.176 e. The number of thiophene rings is 1. The number of terminal acetylenes is 1. The fourth-order valence-electron chi connectivity index (χ4n) is 0.718. The molecule has 62 valence electrons. The van der Waals surface area contributed by atoms with Gasteiger partial charge in [0.2, 0.25) is 0 Å². The number of hydrogen-bond acceptors (Lipinski definition) is 2. The van der Waals surface area contributed by atoms with E-state index >= 15 is 0 Å². The van der Waals surface area contributed by atoms with Crippen LogP contribution in [0.5, 0.6) is 0 Å². The third kappa shape index (κ3) is 2.19. The molecule has 0 amide bonds. The SMILES string of the molecule is C#CCC(=O)c1cc(Br)sc1Br. The maximum absolute atomic E-state index is 11.3. The Hall–Kier alpha value is -0.110. The second-order valence-electron chi connectivity index (χ2n) is 2.04. The highest BCUT2D eigenvalue weighted by Gasteiger charge is 2.11. The number of ketones is 1. The number of hydrogen-bond donors (Lipinski definition) is 0. The molecule has 0 N–H and O–H groups in total. The Labute approximate surface area is 91.4 Å². The first-order valence-corrected chi connectivity index (χ1v) is 5.47. The molecule has 1 aromatic rings. The molecule has 0 spiro atoms. The Morgan fingerprint density at radius 1 is 1.67 bits per heavy atom. The summed E-state index contributed by atoms with van der Waals surface area (Å²) in [5.74, 6) is 2.30. The summed E-state index contributed by atoms with van der Waals surface area (Å²) in [6, 6.07) is 1.77. The van der Waals surface area contributed by atoms with Crippen molar-refractivity contribution in [3.05, 3.63) is 19.2 Å². The van der Waals surface area contributed by atoms with Crippen LogP contribution in [0.25, 0.3) is 0 Å². The van der Waals surface area contributed by atoms with Crippen LogP contribution in [-0.2, 0) is 0 Å². The number of Topliss-reactive ketones (excluding diaryl/α,β-unsaturated/α-hetero) is 1. The van der Waals surface area contributed by atoms with E-state index < -0.39 is 0 Å². The minimum atomic E-state index is -0.0219. The van der Waals surface area contributed by atoms with Crippen LogP contribution in [0.4, 0.5) is 0 Å². The van der Waals surface area contributed by atoms with Gasteiger partial charge in [0.1, 0.15) is 0 Å². The molecule has 0 radical (unpaired) electrons. The molecule has 0 unspecified atom stereocenters. The second-order valence-corrected chi connectivity index (χ2v) is 5.79. The molecule has 1 rings (SSSR count). The van der Waals surface area contributed by atoms with Gasteiger partial charge in [-0.25, -0.2) is 0 Å². The van der Waals surface area contributed by atoms with Crippen LogP contribution >= 0.6 is 43.2 Å². The first-order valence-electron chi connectivity index (χ1n) is 3.06. The fraction of sp³-hybridized carbons (Fsp3) is 0.125. The van der Waals surface area contributed by atoms with Gasteiger partial charge in [0, 0.05) is 5.56 Å². The largest absolute Gasteiger partial charge is 0.293 e. The van der Waals surface area contributed by atoms with E-state index in [0.29, 0.717) is 5.56 Å². The average Bonchev–Trinajstić information content (AvgIpc) is 2.30. The molecule has 1 aromatic heterocycles. The van der Waals surface area contributed by atoms with Crippen molar-refractivity contribution in [1.29, 1.82) is 0 Å². The van der Waals surface area contributed by atoms with Gasteiger partial charge < -0.3 is 0 Å². The molecule has 0 saturated carbocycles. The second kappa shape index (κ2) is 4.22. The van der Waals surface area contributed by atoms with Gasteiger partial charge in [-0.2, -0.15) is 0 Å². The van der Waals surface area contributed by atoms with Gasteiger partial charge in [-0.1, -0.05) is 5.92 Å². The van der Waals surface area contributed by atoms with Crippen LogP contribution < -0.4 is 0 Å². The summed E-state index contributed by atoms with van der Waals surface area (Å²) in [5.41, 5.74) is 0.657. The van der Waals surface area contributed by atoms with E-state index in [-0.39, 0.29) is 12.2 Å². The standard InChI is InChI=1S/C8H4Br2OS/c1-2-3-6(11)5-4-7(9)12-8(5)10/h1,4H,3H2. The van der Waals surface area contributed by atoms with Gasteiger partial charge in [-0.15, -0.1) is 17.8 Å². The maximum atomic E-state index is 11.3. The Morgan fingerprint density at radius 3 is 2.75 bits per heavy atom. The van der Waals surface area contributed by atoms with Crippen LogP contribution in [0, 0.1) is 12.3 Å². The van der Waals surface area contributed by atoms with Crippen LogP contribution in [0.2, 0.25) is 0 Å². The monoisotopic (exact) mass is 306 g/mol. The van der Waals surface area contributed by atoms with E-state index in [1.807, 2.05) is 0 Å². The third-order valence-corrected chi connectivity index (χ3v) is 3.56. The van der Waals surface area contributed by atoms with Crippen LogP contribution in [0.3, 0.4) is 0 Å². The molecule has 1 nitrogen and oxygen atoms in total. The van der Waals surface area contributed by atoms with Gasteiger partial charge in [0.25, 0.3) is 0 Å². The highest BCUT2D eigenvalue weighted by Crippen LogP contribution is 2.32. The highest BCUT2D eigenvalue weighted by molar-refractivity contribution is 9.12. The smallest absolute Gasteiger partial charge is 0.176 e. The van der Waals surface area contributed by atoms with Crippen LogP contribution in [-0.4, -0.2) is 5.78 Å². The zero-order chi connectivity index (χ0) is 9.14. The quantitative estimate of drug-likeness (QED) is 0.604. The van der Waals surface area contributed by atoms with Gasteiger partial charge in [-0.3, -0.25) is 4.79 Å². The predicted octanol–water partition coefficient (Wildman–Crippen LogP) is 3.48. The van der Waals surface area contributed by atoms with E-state index in [1.165, 1.54) is 11.3 Å². The Kier molecular flexibility index (Phi) is 3.51. The number of rotatable bonds is 2. The third-order valence-electron chi connectivity index (χ3n) is 1.22. The summed E-state index contributed by atoms with van der Waals surface area (Å²) in [4.78, 5) is 11.3. The molecule has 0 aromatic carbocycles. The topological polar surface area (TPSA) is 17.1 Å². The van der Waals surface area contributed by atoms with Crippen molar-refractivity contribution in [3.8, 4) is 12.3 Å². The zero-order valence-corrected chi connectivity index (χ0v) is 9.92. The summed E-state index contributed by atoms with van der Waals surface area (Å²) in [6.07, 6.45) is 5.18. The molecule has 0 fully saturated rings. The van der Waals surface area contributed by atoms with E-state index in [1.54, 1.807) is 6.07 Å². The molecule has 1 heterocycles. The molecule has 0 aliphatic heterocycles. The van der Waals surface area contributed by atoms with Gasteiger partial charge in [-0.05, 0) is 37.9 Å². The lowest BCUT2D eigenvalue weighted by Crippen LogP contribution is -1.94. The molecule has 0 atom stereocenters. The summed E-state index contributed by atoms with van der Waals surface area (Å²) >= 11 is 8.04. The van der Waals surface area contributed by atoms with Crippen LogP contribution in [0.15, 0.2) is 13.6 Å². The fourth-order valence-corrected chi connectivity index (χ4v) is 3.57. The number of carbonyl (C=O) groups is 1. The van der Waals surface area contributed by atoms with E-state index in [0.717, 1.165) is 7.57 Å².